The van der Waals surface area contributed by atoms with Gasteiger partial charge in [-0.2, -0.15) is 0 Å². The monoisotopic (exact) mass is 269 g/mol. The normalized spacial score (nSPS) is 10.7. The highest BCUT2D eigenvalue weighted by Crippen LogP contribution is 2.30. The summed E-state index contributed by atoms with van der Waals surface area (Å²) in [6.07, 6.45) is 0. The van der Waals surface area contributed by atoms with E-state index in [1.165, 1.54) is 12.1 Å². The second kappa shape index (κ2) is 4.70. The molecule has 0 saturated heterocycles. The van der Waals surface area contributed by atoms with Gasteiger partial charge in [-0.05, 0) is 30.3 Å². The summed E-state index contributed by atoms with van der Waals surface area (Å²) in [5.74, 6) is 0.0000286. The molecule has 20 heavy (non-hydrogen) atoms. The Balaban J connectivity index is 2.15. The highest BCUT2D eigenvalue weighted by atomic mass is 16.5. The van der Waals surface area contributed by atoms with E-state index < -0.39 is 5.97 Å². The first kappa shape index (κ1) is 12.2. The van der Waals surface area contributed by atoms with Crippen molar-refractivity contribution in [1.29, 1.82) is 0 Å². The van der Waals surface area contributed by atoms with Crippen LogP contribution >= 0.6 is 0 Å². The van der Waals surface area contributed by atoms with Crippen molar-refractivity contribution < 1.29 is 19.1 Å². The first-order valence-corrected chi connectivity index (χ1v) is 5.96. The Labute approximate surface area is 114 Å². The Kier molecular flexibility index (Phi) is 2.87. The van der Waals surface area contributed by atoms with Gasteiger partial charge in [-0.3, -0.25) is 0 Å². The summed E-state index contributed by atoms with van der Waals surface area (Å²) >= 11 is 0. The Morgan fingerprint density at radius 1 is 1.25 bits per heavy atom. The maximum atomic E-state index is 11.0. The lowest BCUT2D eigenvalue weighted by atomic mass is 10.1. The van der Waals surface area contributed by atoms with Crippen molar-refractivity contribution in [3.63, 3.8) is 0 Å². The number of carbonyl (C=O) groups is 1. The summed E-state index contributed by atoms with van der Waals surface area (Å²) in [5, 5.41) is 9.01. The predicted molar refractivity (Wildman–Crippen MR) is 73.0 cm³/mol. The Morgan fingerprint density at radius 3 is 2.80 bits per heavy atom. The molecule has 1 heterocycles. The number of rotatable bonds is 3. The topological polar surface area (TPSA) is 72.6 Å². The van der Waals surface area contributed by atoms with Crippen molar-refractivity contribution in [2.45, 2.75) is 0 Å². The van der Waals surface area contributed by atoms with Crippen LogP contribution in [-0.4, -0.2) is 23.2 Å². The van der Waals surface area contributed by atoms with Crippen LogP contribution in [0.2, 0.25) is 0 Å². The zero-order valence-electron chi connectivity index (χ0n) is 10.7. The molecule has 100 valence electrons. The van der Waals surface area contributed by atoms with Crippen molar-refractivity contribution in [2.75, 3.05) is 7.11 Å². The summed E-state index contributed by atoms with van der Waals surface area (Å²) in [4.78, 5) is 15.4. The number of nitrogens with zero attached hydrogens (tertiary/aromatic N) is 1. The fraction of sp³-hybridized carbons (Fsp3) is 0.0667. The zero-order valence-corrected chi connectivity index (χ0v) is 10.7. The van der Waals surface area contributed by atoms with Gasteiger partial charge in [0.1, 0.15) is 5.75 Å². The molecule has 1 N–H and O–H groups in total. The molecule has 0 atom stereocenters. The number of carboxylic acid groups (broad SMARTS) is 1. The molecule has 1 aromatic heterocycles. The number of para-hydroxylation sites is 1. The van der Waals surface area contributed by atoms with E-state index >= 15 is 0 Å². The largest absolute Gasteiger partial charge is 0.494 e. The fourth-order valence-electron chi connectivity index (χ4n) is 2.00. The number of benzene rings is 2. The van der Waals surface area contributed by atoms with Gasteiger partial charge in [0.25, 0.3) is 0 Å². The summed E-state index contributed by atoms with van der Waals surface area (Å²) in [6, 6.07) is 11.9. The molecule has 0 amide bonds. The van der Waals surface area contributed by atoms with E-state index in [1.807, 2.05) is 6.07 Å². The molecule has 5 heteroatoms. The van der Waals surface area contributed by atoms with E-state index in [9.17, 15) is 4.79 Å². The molecule has 3 rings (SSSR count). The lowest BCUT2D eigenvalue weighted by molar-refractivity contribution is 0.0697. The van der Waals surface area contributed by atoms with E-state index in [0.29, 0.717) is 28.3 Å². The average Bonchev–Trinajstić information content (AvgIpc) is 2.91. The number of oxazole rings is 1. The van der Waals surface area contributed by atoms with Gasteiger partial charge in [0.2, 0.25) is 5.89 Å². The average molecular weight is 269 g/mol. The van der Waals surface area contributed by atoms with Gasteiger partial charge in [-0.25, -0.2) is 9.78 Å². The Hall–Kier alpha value is -2.82. The summed E-state index contributed by atoms with van der Waals surface area (Å²) in [5.41, 5.74) is 2.02. The molecule has 0 aliphatic heterocycles. The second-order valence-corrected chi connectivity index (χ2v) is 4.21. The fourth-order valence-corrected chi connectivity index (χ4v) is 2.00. The van der Waals surface area contributed by atoms with Gasteiger partial charge in [-0.1, -0.05) is 12.1 Å². The molecule has 0 unspecified atom stereocenters. The first-order valence-electron chi connectivity index (χ1n) is 5.96. The SMILES string of the molecule is COc1cccc2oc(-c3cccc(C(=O)O)c3)nc12. The van der Waals surface area contributed by atoms with Crippen LogP contribution in [0.5, 0.6) is 5.75 Å². The zero-order chi connectivity index (χ0) is 14.1. The van der Waals surface area contributed by atoms with E-state index in [-0.39, 0.29) is 5.56 Å². The molecule has 3 aromatic rings. The van der Waals surface area contributed by atoms with Gasteiger partial charge >= 0.3 is 5.97 Å². The van der Waals surface area contributed by atoms with Crippen LogP contribution in [-0.2, 0) is 0 Å². The minimum atomic E-state index is -0.986. The lowest BCUT2D eigenvalue weighted by Gasteiger charge is -1.97. The number of hydrogen-bond donors (Lipinski definition) is 1. The molecule has 5 nitrogen and oxygen atoms in total. The number of fused-ring (bicyclic) bond motifs is 1. The van der Waals surface area contributed by atoms with Crippen molar-refractivity contribution in [1.82, 2.24) is 4.98 Å². The van der Waals surface area contributed by atoms with E-state index in [1.54, 1.807) is 31.4 Å². The van der Waals surface area contributed by atoms with Gasteiger partial charge < -0.3 is 14.3 Å². The predicted octanol–water partition coefficient (Wildman–Crippen LogP) is 3.20. The molecule has 2 aromatic carbocycles. The minimum absolute atomic E-state index is 0.191. The maximum absolute atomic E-state index is 11.0. The van der Waals surface area contributed by atoms with E-state index in [2.05, 4.69) is 4.98 Å². The molecular formula is C15H11NO4. The Bertz CT molecular complexity index is 791. The summed E-state index contributed by atoms with van der Waals surface area (Å²) in [7, 11) is 1.56. The molecular weight excluding hydrogens is 258 g/mol. The number of hydrogen-bond acceptors (Lipinski definition) is 4. The number of ether oxygens (including phenoxy) is 1. The van der Waals surface area contributed by atoms with Gasteiger partial charge in [-0.15, -0.1) is 0 Å². The summed E-state index contributed by atoms with van der Waals surface area (Å²) in [6.45, 7) is 0. The van der Waals surface area contributed by atoms with Gasteiger partial charge in [0.15, 0.2) is 11.1 Å². The van der Waals surface area contributed by atoms with Crippen LogP contribution in [0.15, 0.2) is 46.9 Å². The van der Waals surface area contributed by atoms with Crippen LogP contribution in [0, 0.1) is 0 Å². The molecule has 0 saturated carbocycles. The summed E-state index contributed by atoms with van der Waals surface area (Å²) < 4.78 is 10.9. The van der Waals surface area contributed by atoms with Crippen molar-refractivity contribution >= 4 is 17.1 Å². The smallest absolute Gasteiger partial charge is 0.335 e. The Morgan fingerprint density at radius 2 is 2.05 bits per heavy atom. The van der Waals surface area contributed by atoms with Crippen molar-refractivity contribution in [3.05, 3.63) is 48.0 Å². The third kappa shape index (κ3) is 1.99. The van der Waals surface area contributed by atoms with Gasteiger partial charge in [0, 0.05) is 5.56 Å². The standard InChI is InChI=1S/C15H11NO4/c1-19-11-6-3-7-12-13(11)16-14(20-12)9-4-2-5-10(8-9)15(17)18/h2-8H,1H3,(H,17,18). The first-order chi connectivity index (χ1) is 9.69. The number of methoxy groups -OCH3 is 1. The third-order valence-electron chi connectivity index (χ3n) is 2.96. The van der Waals surface area contributed by atoms with Crippen LogP contribution in [0.3, 0.4) is 0 Å². The van der Waals surface area contributed by atoms with E-state index in [4.69, 9.17) is 14.3 Å². The van der Waals surface area contributed by atoms with Crippen LogP contribution in [0.25, 0.3) is 22.6 Å². The van der Waals surface area contributed by atoms with E-state index in [0.717, 1.165) is 0 Å². The number of carboxylic acids is 1. The van der Waals surface area contributed by atoms with Crippen LogP contribution < -0.4 is 4.74 Å². The molecule has 0 fully saturated rings. The minimum Gasteiger partial charge on any atom is -0.494 e. The number of aromatic carboxylic acids is 1. The van der Waals surface area contributed by atoms with Gasteiger partial charge in [0.05, 0.1) is 12.7 Å². The van der Waals surface area contributed by atoms with Crippen molar-refractivity contribution in [2.24, 2.45) is 0 Å². The van der Waals surface area contributed by atoms with Crippen molar-refractivity contribution in [3.8, 4) is 17.2 Å². The molecule has 0 radical (unpaired) electrons. The number of aromatic nitrogens is 1. The lowest BCUT2D eigenvalue weighted by Crippen LogP contribution is -1.95. The quantitative estimate of drug-likeness (QED) is 0.790. The molecule has 0 bridgehead atoms. The van der Waals surface area contributed by atoms with Crippen LogP contribution in [0.4, 0.5) is 0 Å². The molecule has 0 spiro atoms. The molecule has 0 aliphatic carbocycles. The third-order valence-corrected chi connectivity index (χ3v) is 2.96. The highest BCUT2D eigenvalue weighted by molar-refractivity contribution is 5.89. The molecule has 0 aliphatic rings. The second-order valence-electron chi connectivity index (χ2n) is 4.21. The maximum Gasteiger partial charge on any atom is 0.335 e. The highest BCUT2D eigenvalue weighted by Gasteiger charge is 2.13. The van der Waals surface area contributed by atoms with Crippen LogP contribution in [0.1, 0.15) is 10.4 Å².